The highest BCUT2D eigenvalue weighted by atomic mass is 32.2. The number of esters is 1. The minimum atomic E-state index is -4.14. The van der Waals surface area contributed by atoms with Gasteiger partial charge in [0.25, 0.3) is 10.0 Å². The zero-order valence-corrected chi connectivity index (χ0v) is 40.9. The largest absolute Gasteiger partial charge is 0.487 e. The van der Waals surface area contributed by atoms with E-state index in [1.165, 1.54) is 0 Å². The van der Waals surface area contributed by atoms with E-state index in [9.17, 15) is 27.6 Å². The molecule has 1 heterocycles. The molecular weight excluding hydrogens is 867 g/mol. The maximum absolute atomic E-state index is 14.0. The Kier molecular flexibility index (Phi) is 18.7. The zero-order chi connectivity index (χ0) is 48.8. The predicted molar refractivity (Wildman–Crippen MR) is 252 cm³/mol. The van der Waals surface area contributed by atoms with Gasteiger partial charge in [-0.15, -0.1) is 0 Å². The van der Waals surface area contributed by atoms with E-state index in [1.54, 1.807) is 51.7 Å². The second-order valence-electron chi connectivity index (χ2n) is 18.4. The molecule has 0 aromatic heterocycles. The summed E-state index contributed by atoms with van der Waals surface area (Å²) in [5, 5.41) is 3.93. The van der Waals surface area contributed by atoms with E-state index < -0.39 is 51.5 Å². The number of amides is 4. The van der Waals surface area contributed by atoms with Crippen molar-refractivity contribution >= 4 is 40.2 Å². The van der Waals surface area contributed by atoms with Gasteiger partial charge in [0.15, 0.2) is 0 Å². The number of hydrogen-bond donors (Lipinski definition) is 4. The molecule has 1 atom stereocenters. The number of carbonyl (C=O) groups excluding carboxylic acids is 4. The number of nitrogens with one attached hydrogen (secondary N) is 3. The van der Waals surface area contributed by atoms with Crippen LogP contribution in [0.25, 0.3) is 0 Å². The number of benzene rings is 3. The van der Waals surface area contributed by atoms with Crippen molar-refractivity contribution in [3.8, 4) is 5.75 Å². The van der Waals surface area contributed by atoms with Crippen LogP contribution < -0.4 is 25.9 Å². The number of unbranched alkanes of at least 4 members (excludes halogenated alkanes) is 1. The van der Waals surface area contributed by atoms with Gasteiger partial charge in [0.05, 0.1) is 11.3 Å². The quantitative estimate of drug-likeness (QED) is 0.0231. The molecular formula is C48H69N7O10S. The van der Waals surface area contributed by atoms with Gasteiger partial charge in [0, 0.05) is 43.7 Å². The van der Waals surface area contributed by atoms with Crippen molar-refractivity contribution in [2.45, 2.75) is 149 Å². The number of ether oxygens (including phenoxy) is 4. The van der Waals surface area contributed by atoms with E-state index >= 15 is 0 Å². The summed E-state index contributed by atoms with van der Waals surface area (Å²) < 4.78 is 52.6. The molecule has 0 saturated carbocycles. The highest BCUT2D eigenvalue weighted by Gasteiger charge is 2.37. The van der Waals surface area contributed by atoms with Crippen LogP contribution in [0.15, 0.2) is 70.6 Å². The van der Waals surface area contributed by atoms with E-state index in [-0.39, 0.29) is 62.5 Å². The van der Waals surface area contributed by atoms with Crippen LogP contribution in [0, 0.1) is 20.8 Å². The molecule has 0 bridgehead atoms. The maximum Gasteiger partial charge on any atom is 0.426 e. The summed E-state index contributed by atoms with van der Waals surface area (Å²) in [5.41, 5.74) is 11.8. The fourth-order valence-corrected chi connectivity index (χ4v) is 8.91. The standard InChI is InChI=1S/C48H69N7O10S/c1-32(2)54(46(59)65-47(6,7)8)26-17-18-27-55(52-45(58)63-31-37-22-15-12-16-23-37)44(57)51-38(28-40(56)62-30-36-20-13-11-14-21-36)24-19-25-50-43(49)53-66(60,61)42-34(4)33(3)41-39(35(42)5)29-48(9,10)64-41/h11-16,20-23,32,38H,17-19,24-31H2,1-10H3,(H,51,57)(H,52,58)(H3,49,50,53). The van der Waals surface area contributed by atoms with E-state index in [0.29, 0.717) is 42.7 Å². The monoisotopic (exact) mass is 935 g/mol. The molecule has 1 aliphatic heterocycles. The van der Waals surface area contributed by atoms with E-state index in [2.05, 4.69) is 20.5 Å². The van der Waals surface area contributed by atoms with Crippen molar-refractivity contribution in [3.05, 3.63) is 94.0 Å². The number of rotatable bonds is 19. The lowest BCUT2D eigenvalue weighted by molar-refractivity contribution is -0.145. The molecule has 4 amide bonds. The third-order valence-corrected chi connectivity index (χ3v) is 12.4. The summed E-state index contributed by atoms with van der Waals surface area (Å²) in [4.78, 5) is 59.2. The lowest BCUT2D eigenvalue weighted by Crippen LogP contribution is -2.53. The van der Waals surface area contributed by atoms with Crippen LogP contribution in [0.1, 0.15) is 114 Å². The number of sulfonamides is 1. The van der Waals surface area contributed by atoms with Gasteiger partial charge in [0.1, 0.15) is 30.2 Å². The van der Waals surface area contributed by atoms with Gasteiger partial charge in [-0.25, -0.2) is 38.0 Å². The number of nitrogens with zero attached hydrogens (tertiary/aromatic N) is 3. The first-order valence-electron chi connectivity index (χ1n) is 22.3. The molecule has 1 unspecified atom stereocenters. The molecule has 0 aliphatic carbocycles. The Morgan fingerprint density at radius 2 is 1.45 bits per heavy atom. The molecule has 362 valence electrons. The number of hydrazine groups is 1. The van der Waals surface area contributed by atoms with E-state index in [1.807, 2.05) is 83.1 Å². The van der Waals surface area contributed by atoms with Crippen LogP contribution in [0.2, 0.25) is 0 Å². The first kappa shape index (κ1) is 52.6. The molecule has 17 nitrogen and oxygen atoms in total. The van der Waals surface area contributed by atoms with Crippen molar-refractivity contribution in [2.75, 3.05) is 19.6 Å². The summed E-state index contributed by atoms with van der Waals surface area (Å²) in [7, 11) is -4.14. The number of fused-ring (bicyclic) bond motifs is 1. The topological polar surface area (TPSA) is 220 Å². The van der Waals surface area contributed by atoms with Crippen LogP contribution >= 0.6 is 0 Å². The fourth-order valence-electron chi connectivity index (χ4n) is 7.39. The smallest absolute Gasteiger partial charge is 0.426 e. The van der Waals surface area contributed by atoms with Crippen molar-refractivity contribution < 1.29 is 46.5 Å². The fraction of sp³-hybridized carbons (Fsp3) is 0.521. The highest BCUT2D eigenvalue weighted by Crippen LogP contribution is 2.43. The normalized spacial score (nSPS) is 13.8. The first-order valence-corrected chi connectivity index (χ1v) is 23.8. The molecule has 4 rings (SSSR count). The number of nitrogens with two attached hydrogens (primary N) is 1. The summed E-state index contributed by atoms with van der Waals surface area (Å²) in [6, 6.07) is 16.5. The molecule has 0 spiro atoms. The predicted octanol–water partition coefficient (Wildman–Crippen LogP) is 7.48. The van der Waals surface area contributed by atoms with Gasteiger partial charge in [-0.05, 0) is 123 Å². The van der Waals surface area contributed by atoms with Crippen LogP contribution in [0.3, 0.4) is 0 Å². The third kappa shape index (κ3) is 16.1. The second-order valence-corrected chi connectivity index (χ2v) is 20.0. The van der Waals surface area contributed by atoms with Gasteiger partial charge >= 0.3 is 24.2 Å². The lowest BCUT2D eigenvalue weighted by atomic mass is 9.94. The molecule has 3 aromatic carbocycles. The average molecular weight is 936 g/mol. The molecule has 0 fully saturated rings. The Morgan fingerprint density at radius 3 is 2.05 bits per heavy atom. The summed E-state index contributed by atoms with van der Waals surface area (Å²) in [6.45, 7) is 18.7. The number of hydrogen-bond acceptors (Lipinski definition) is 11. The zero-order valence-electron chi connectivity index (χ0n) is 40.1. The highest BCUT2D eigenvalue weighted by molar-refractivity contribution is 7.90. The Balaban J connectivity index is 1.47. The number of carbonyl (C=O) groups is 4. The van der Waals surface area contributed by atoms with E-state index in [4.69, 9.17) is 24.7 Å². The van der Waals surface area contributed by atoms with Crippen LogP contribution in [-0.2, 0) is 48.7 Å². The minimum Gasteiger partial charge on any atom is -0.487 e. The summed E-state index contributed by atoms with van der Waals surface area (Å²) in [5.74, 6) is -0.198. The Labute approximate surface area is 390 Å². The Bertz CT molecular complexity index is 2280. The van der Waals surface area contributed by atoms with Crippen molar-refractivity contribution in [2.24, 2.45) is 10.7 Å². The second kappa shape index (κ2) is 23.4. The maximum atomic E-state index is 14.0. The van der Waals surface area contributed by atoms with Gasteiger partial charge in [0.2, 0.25) is 5.96 Å². The first-order chi connectivity index (χ1) is 31.0. The van der Waals surface area contributed by atoms with E-state index in [0.717, 1.165) is 27.3 Å². The third-order valence-electron chi connectivity index (χ3n) is 10.7. The minimum absolute atomic E-state index is 0.0200. The lowest BCUT2D eigenvalue weighted by Gasteiger charge is -2.30. The van der Waals surface area contributed by atoms with Crippen molar-refractivity contribution in [1.29, 1.82) is 0 Å². The average Bonchev–Trinajstić information content (AvgIpc) is 3.57. The van der Waals surface area contributed by atoms with Crippen LogP contribution in [0.5, 0.6) is 5.75 Å². The number of urea groups is 1. The number of guanidine groups is 1. The summed E-state index contributed by atoms with van der Waals surface area (Å²) in [6.07, 6.45) is 0.267. The van der Waals surface area contributed by atoms with Gasteiger partial charge in [-0.3, -0.25) is 9.79 Å². The number of aliphatic imine (C=N–C) groups is 1. The van der Waals surface area contributed by atoms with Crippen LogP contribution in [0.4, 0.5) is 14.4 Å². The van der Waals surface area contributed by atoms with Crippen LogP contribution in [-0.4, -0.2) is 91.4 Å². The molecule has 1 aliphatic rings. The molecule has 3 aromatic rings. The molecule has 66 heavy (non-hydrogen) atoms. The van der Waals surface area contributed by atoms with Crippen molar-refractivity contribution in [1.82, 2.24) is 25.4 Å². The SMILES string of the molecule is Cc1c(C)c(S(=O)(=O)NC(N)=NCCCC(CC(=O)OCc2ccccc2)NC(=O)N(CCCCN(C(=O)OC(C)(C)C)C(C)C)NC(=O)OCc2ccccc2)c(C)c2c1OC(C)(C)C2. The van der Waals surface area contributed by atoms with Gasteiger partial charge in [-0.2, -0.15) is 0 Å². The van der Waals surface area contributed by atoms with Gasteiger partial charge in [-0.1, -0.05) is 60.7 Å². The summed E-state index contributed by atoms with van der Waals surface area (Å²) >= 11 is 0. The molecule has 5 N–H and O–H groups in total. The van der Waals surface area contributed by atoms with Crippen molar-refractivity contribution in [3.63, 3.8) is 0 Å². The van der Waals surface area contributed by atoms with Gasteiger partial charge < -0.3 is 34.9 Å². The molecule has 18 heteroatoms. The Hall–Kier alpha value is -6.04. The molecule has 0 saturated heterocycles. The molecule has 0 radical (unpaired) electrons. The Morgan fingerprint density at radius 1 is 0.864 bits per heavy atom.